The van der Waals surface area contributed by atoms with Crippen LogP contribution in [0.2, 0.25) is 0 Å². The zero-order valence-electron chi connectivity index (χ0n) is 13.5. The molecule has 1 aliphatic carbocycles. The molecular weight excluding hydrogens is 244 g/mol. The summed E-state index contributed by atoms with van der Waals surface area (Å²) in [6.07, 6.45) is 3.94. The highest BCUT2D eigenvalue weighted by Gasteiger charge is 2.35. The molecule has 1 unspecified atom stereocenters. The fourth-order valence-electron chi connectivity index (χ4n) is 3.16. The molecule has 2 heteroatoms. The second kappa shape index (κ2) is 6.73. The van der Waals surface area contributed by atoms with Crippen molar-refractivity contribution in [1.82, 2.24) is 10.2 Å². The van der Waals surface area contributed by atoms with Crippen LogP contribution in [0.5, 0.6) is 0 Å². The van der Waals surface area contributed by atoms with Gasteiger partial charge in [0.15, 0.2) is 0 Å². The Hall–Kier alpha value is -0.860. The van der Waals surface area contributed by atoms with Gasteiger partial charge in [0.2, 0.25) is 0 Å². The third-order valence-corrected chi connectivity index (χ3v) is 4.34. The van der Waals surface area contributed by atoms with E-state index >= 15 is 0 Å². The lowest BCUT2D eigenvalue weighted by atomic mass is 9.79. The molecule has 20 heavy (non-hydrogen) atoms. The Morgan fingerprint density at radius 3 is 2.45 bits per heavy atom. The number of hydrogen-bond donors (Lipinski definition) is 1. The lowest BCUT2D eigenvalue weighted by molar-refractivity contribution is 0.151. The Morgan fingerprint density at radius 2 is 1.90 bits per heavy atom. The summed E-state index contributed by atoms with van der Waals surface area (Å²) in [5.74, 6) is 0. The minimum atomic E-state index is 0.230. The Kier molecular flexibility index (Phi) is 5.22. The van der Waals surface area contributed by atoms with Gasteiger partial charge >= 0.3 is 0 Å². The third kappa shape index (κ3) is 4.07. The van der Waals surface area contributed by atoms with E-state index in [9.17, 15) is 0 Å². The maximum atomic E-state index is 3.76. The van der Waals surface area contributed by atoms with Gasteiger partial charge in [-0.2, -0.15) is 0 Å². The van der Waals surface area contributed by atoms with Crippen molar-refractivity contribution >= 4 is 0 Å². The quantitative estimate of drug-likeness (QED) is 0.774. The lowest BCUT2D eigenvalue weighted by Crippen LogP contribution is -2.42. The van der Waals surface area contributed by atoms with Crippen LogP contribution in [0.1, 0.15) is 51.6 Å². The van der Waals surface area contributed by atoms with Crippen molar-refractivity contribution in [3.8, 4) is 0 Å². The summed E-state index contributed by atoms with van der Waals surface area (Å²) in [5, 5.41) is 3.76. The molecule has 1 fully saturated rings. The molecule has 0 spiro atoms. The van der Waals surface area contributed by atoms with E-state index in [1.807, 2.05) is 0 Å². The van der Waals surface area contributed by atoms with Crippen molar-refractivity contribution in [2.75, 3.05) is 20.1 Å². The van der Waals surface area contributed by atoms with Gasteiger partial charge in [-0.15, -0.1) is 0 Å². The van der Waals surface area contributed by atoms with E-state index in [4.69, 9.17) is 0 Å². The molecule has 1 saturated carbocycles. The van der Waals surface area contributed by atoms with Crippen molar-refractivity contribution < 1.29 is 0 Å². The summed E-state index contributed by atoms with van der Waals surface area (Å²) in [6, 6.07) is 12.2. The third-order valence-electron chi connectivity index (χ3n) is 4.34. The molecule has 1 aliphatic rings. The SMILES string of the molecule is CCCNC(c1ccccc1)C(C)(C)CN(C)C1CC1. The first-order chi connectivity index (χ1) is 9.54. The Labute approximate surface area is 124 Å². The molecule has 1 aromatic carbocycles. The van der Waals surface area contributed by atoms with Crippen molar-refractivity contribution in [2.24, 2.45) is 5.41 Å². The van der Waals surface area contributed by atoms with Crippen LogP contribution in [0.25, 0.3) is 0 Å². The summed E-state index contributed by atoms with van der Waals surface area (Å²) in [5.41, 5.74) is 1.64. The first-order valence-electron chi connectivity index (χ1n) is 8.03. The molecule has 112 valence electrons. The van der Waals surface area contributed by atoms with Crippen molar-refractivity contribution in [2.45, 2.75) is 52.1 Å². The Balaban J connectivity index is 2.11. The van der Waals surface area contributed by atoms with Crippen LogP contribution in [0, 0.1) is 5.41 Å². The monoisotopic (exact) mass is 274 g/mol. The Morgan fingerprint density at radius 1 is 1.25 bits per heavy atom. The second-order valence-electron chi connectivity index (χ2n) is 6.93. The first kappa shape index (κ1) is 15.5. The van der Waals surface area contributed by atoms with Gasteiger partial charge in [0.1, 0.15) is 0 Å². The largest absolute Gasteiger partial charge is 0.309 e. The molecule has 0 radical (unpaired) electrons. The number of rotatable bonds is 8. The summed E-state index contributed by atoms with van der Waals surface area (Å²) < 4.78 is 0. The predicted molar refractivity (Wildman–Crippen MR) is 86.9 cm³/mol. The van der Waals surface area contributed by atoms with Gasteiger partial charge in [-0.25, -0.2) is 0 Å². The minimum absolute atomic E-state index is 0.230. The topological polar surface area (TPSA) is 15.3 Å². The fourth-order valence-corrected chi connectivity index (χ4v) is 3.16. The van der Waals surface area contributed by atoms with Crippen molar-refractivity contribution in [3.05, 3.63) is 35.9 Å². The smallest absolute Gasteiger partial charge is 0.0384 e. The molecule has 2 nitrogen and oxygen atoms in total. The summed E-state index contributed by atoms with van der Waals surface area (Å²) in [6.45, 7) is 9.25. The Bertz CT molecular complexity index is 395. The lowest BCUT2D eigenvalue weighted by Gasteiger charge is -2.38. The van der Waals surface area contributed by atoms with E-state index in [1.54, 1.807) is 0 Å². The van der Waals surface area contributed by atoms with E-state index in [1.165, 1.54) is 24.8 Å². The molecular formula is C18H30N2. The molecule has 1 aromatic rings. The van der Waals surface area contributed by atoms with E-state index < -0.39 is 0 Å². The molecule has 0 amide bonds. The summed E-state index contributed by atoms with van der Waals surface area (Å²) in [4.78, 5) is 2.55. The van der Waals surface area contributed by atoms with Gasteiger partial charge in [0.05, 0.1) is 0 Å². The highest BCUT2D eigenvalue weighted by molar-refractivity contribution is 5.21. The standard InChI is InChI=1S/C18H30N2/c1-5-13-19-17(15-9-7-6-8-10-15)18(2,3)14-20(4)16-11-12-16/h6-10,16-17,19H,5,11-14H2,1-4H3. The van der Waals surface area contributed by atoms with Crippen molar-refractivity contribution in [1.29, 1.82) is 0 Å². The van der Waals surface area contributed by atoms with Gasteiger partial charge < -0.3 is 10.2 Å². The highest BCUT2D eigenvalue weighted by Crippen LogP contribution is 2.36. The molecule has 0 aromatic heterocycles. The van der Waals surface area contributed by atoms with Gasteiger partial charge in [-0.1, -0.05) is 51.1 Å². The van der Waals surface area contributed by atoms with Gasteiger partial charge in [0, 0.05) is 18.6 Å². The maximum Gasteiger partial charge on any atom is 0.0384 e. The van der Waals surface area contributed by atoms with E-state index in [0.717, 1.165) is 19.1 Å². The second-order valence-corrected chi connectivity index (χ2v) is 6.93. The average Bonchev–Trinajstić information content (AvgIpc) is 3.24. The van der Waals surface area contributed by atoms with Crippen LogP contribution in [0.4, 0.5) is 0 Å². The predicted octanol–water partition coefficient (Wildman–Crippen LogP) is 3.85. The number of nitrogens with one attached hydrogen (secondary N) is 1. The zero-order chi connectivity index (χ0) is 14.6. The summed E-state index contributed by atoms with van der Waals surface area (Å²) >= 11 is 0. The average molecular weight is 274 g/mol. The molecule has 1 atom stereocenters. The van der Waals surface area contributed by atoms with Crippen molar-refractivity contribution in [3.63, 3.8) is 0 Å². The molecule has 2 rings (SSSR count). The van der Waals surface area contributed by atoms with E-state index in [-0.39, 0.29) is 5.41 Å². The molecule has 0 bridgehead atoms. The zero-order valence-corrected chi connectivity index (χ0v) is 13.5. The van der Waals surface area contributed by atoms with Gasteiger partial charge in [-0.05, 0) is 43.8 Å². The number of nitrogens with zero attached hydrogens (tertiary/aromatic N) is 1. The molecule has 1 N–H and O–H groups in total. The molecule has 0 heterocycles. The van der Waals surface area contributed by atoms with Gasteiger partial charge in [-0.3, -0.25) is 0 Å². The fraction of sp³-hybridized carbons (Fsp3) is 0.667. The van der Waals surface area contributed by atoms with Crippen LogP contribution >= 0.6 is 0 Å². The number of benzene rings is 1. The van der Waals surface area contributed by atoms with Crippen LogP contribution in [0.3, 0.4) is 0 Å². The van der Waals surface area contributed by atoms with Crippen LogP contribution in [-0.2, 0) is 0 Å². The van der Waals surface area contributed by atoms with E-state index in [0.29, 0.717) is 6.04 Å². The van der Waals surface area contributed by atoms with Crippen LogP contribution < -0.4 is 5.32 Å². The highest BCUT2D eigenvalue weighted by atomic mass is 15.2. The molecule has 0 aliphatic heterocycles. The number of hydrogen-bond acceptors (Lipinski definition) is 2. The summed E-state index contributed by atoms with van der Waals surface area (Å²) in [7, 11) is 2.28. The molecule has 0 saturated heterocycles. The first-order valence-corrected chi connectivity index (χ1v) is 8.03. The minimum Gasteiger partial charge on any atom is -0.309 e. The maximum absolute atomic E-state index is 3.76. The van der Waals surface area contributed by atoms with Gasteiger partial charge in [0.25, 0.3) is 0 Å². The van der Waals surface area contributed by atoms with E-state index in [2.05, 4.69) is 68.4 Å². The van der Waals surface area contributed by atoms with Crippen LogP contribution in [-0.4, -0.2) is 31.1 Å². The van der Waals surface area contributed by atoms with Crippen LogP contribution in [0.15, 0.2) is 30.3 Å². The normalized spacial score (nSPS) is 17.4.